The molecule has 96 valence electrons. The molecule has 1 rings (SSSR count). The van der Waals surface area contributed by atoms with E-state index < -0.39 is 5.41 Å². The Morgan fingerprint density at radius 3 is 2.72 bits per heavy atom. The number of carbonyl (C=O) groups excluding carboxylic acids is 1. The van der Waals surface area contributed by atoms with Gasteiger partial charge < -0.3 is 4.74 Å². The largest absolute Gasteiger partial charge is 0.493 e. The molecule has 0 radical (unpaired) electrons. The van der Waals surface area contributed by atoms with Gasteiger partial charge in [0.15, 0.2) is 6.29 Å². The lowest BCUT2D eigenvalue weighted by molar-refractivity contribution is 0.111. The fourth-order valence-electron chi connectivity index (χ4n) is 1.50. The third-order valence-corrected chi connectivity index (χ3v) is 3.13. The molecule has 0 aromatic heterocycles. The van der Waals surface area contributed by atoms with E-state index in [9.17, 15) is 4.79 Å². The Labute approximate surface area is 116 Å². The van der Waals surface area contributed by atoms with Crippen LogP contribution >= 0.6 is 15.9 Å². The number of ether oxygens (including phenoxy) is 1. The van der Waals surface area contributed by atoms with Crippen LogP contribution in [-0.2, 0) is 0 Å². The van der Waals surface area contributed by atoms with Crippen molar-refractivity contribution in [2.45, 2.75) is 27.2 Å². The van der Waals surface area contributed by atoms with Crippen molar-refractivity contribution in [3.8, 4) is 11.8 Å². The van der Waals surface area contributed by atoms with Crippen molar-refractivity contribution in [1.29, 1.82) is 5.26 Å². The first-order valence-corrected chi connectivity index (χ1v) is 6.48. The van der Waals surface area contributed by atoms with Gasteiger partial charge >= 0.3 is 0 Å². The summed E-state index contributed by atoms with van der Waals surface area (Å²) in [5.74, 6) is 0.599. The molecule has 0 atom stereocenters. The van der Waals surface area contributed by atoms with Crippen LogP contribution in [0.25, 0.3) is 0 Å². The molecule has 0 N–H and O–H groups in total. The standard InChI is InChI=1S/C14H16BrNO2/c1-10-6-12(15)7-11(8-17)13(10)18-5-4-14(2,3)9-16/h6-8H,4-5H2,1-3H3. The molecule has 0 fully saturated rings. The third kappa shape index (κ3) is 3.85. The second-order valence-electron chi connectivity index (χ2n) is 4.85. The fraction of sp³-hybridized carbons (Fsp3) is 0.429. The average molecular weight is 310 g/mol. The molecule has 0 heterocycles. The van der Waals surface area contributed by atoms with Crippen molar-refractivity contribution in [2.75, 3.05) is 6.61 Å². The van der Waals surface area contributed by atoms with E-state index in [1.165, 1.54) is 0 Å². The van der Waals surface area contributed by atoms with Crippen LogP contribution < -0.4 is 4.74 Å². The first-order chi connectivity index (χ1) is 8.39. The van der Waals surface area contributed by atoms with E-state index in [0.29, 0.717) is 24.3 Å². The van der Waals surface area contributed by atoms with E-state index in [-0.39, 0.29) is 0 Å². The van der Waals surface area contributed by atoms with Gasteiger partial charge in [-0.3, -0.25) is 4.79 Å². The number of carbonyl (C=O) groups is 1. The van der Waals surface area contributed by atoms with Crippen molar-refractivity contribution in [1.82, 2.24) is 0 Å². The number of nitriles is 1. The summed E-state index contributed by atoms with van der Waals surface area (Å²) in [6.45, 7) is 6.04. The molecule has 1 aromatic rings. The minimum atomic E-state index is -0.412. The molecule has 0 spiro atoms. The molecule has 1 aromatic carbocycles. The van der Waals surface area contributed by atoms with Gasteiger partial charge in [0.1, 0.15) is 5.75 Å². The highest BCUT2D eigenvalue weighted by Gasteiger charge is 2.17. The summed E-state index contributed by atoms with van der Waals surface area (Å²) >= 11 is 3.34. The molecule has 0 aliphatic heterocycles. The number of hydrogen-bond acceptors (Lipinski definition) is 3. The van der Waals surface area contributed by atoms with Crippen LogP contribution in [0.3, 0.4) is 0 Å². The van der Waals surface area contributed by atoms with Crippen LogP contribution in [0.15, 0.2) is 16.6 Å². The number of aryl methyl sites for hydroxylation is 1. The van der Waals surface area contributed by atoms with Crippen molar-refractivity contribution in [2.24, 2.45) is 5.41 Å². The lowest BCUT2D eigenvalue weighted by Crippen LogP contribution is -2.14. The van der Waals surface area contributed by atoms with Gasteiger partial charge in [-0.25, -0.2) is 0 Å². The van der Waals surface area contributed by atoms with E-state index in [2.05, 4.69) is 22.0 Å². The van der Waals surface area contributed by atoms with Crippen LogP contribution in [0.1, 0.15) is 36.2 Å². The van der Waals surface area contributed by atoms with E-state index in [1.54, 1.807) is 6.07 Å². The van der Waals surface area contributed by atoms with Gasteiger partial charge in [-0.15, -0.1) is 0 Å². The SMILES string of the molecule is Cc1cc(Br)cc(C=O)c1OCCC(C)(C)C#N. The predicted octanol–water partition coefficient (Wildman–Crippen LogP) is 3.89. The molecule has 4 heteroatoms. The highest BCUT2D eigenvalue weighted by molar-refractivity contribution is 9.10. The zero-order valence-electron chi connectivity index (χ0n) is 10.8. The van der Waals surface area contributed by atoms with Crippen molar-refractivity contribution in [3.63, 3.8) is 0 Å². The Bertz CT molecular complexity index is 489. The van der Waals surface area contributed by atoms with E-state index in [1.807, 2.05) is 26.8 Å². The molecule has 0 amide bonds. The van der Waals surface area contributed by atoms with Gasteiger partial charge in [0.2, 0.25) is 0 Å². The number of halogens is 1. The lowest BCUT2D eigenvalue weighted by atomic mass is 9.92. The molecule has 0 bridgehead atoms. The zero-order chi connectivity index (χ0) is 13.8. The maximum absolute atomic E-state index is 11.0. The van der Waals surface area contributed by atoms with Gasteiger partial charge in [0.05, 0.1) is 23.7 Å². The number of benzene rings is 1. The first kappa shape index (κ1) is 14.7. The Morgan fingerprint density at radius 2 is 2.17 bits per heavy atom. The summed E-state index contributed by atoms with van der Waals surface area (Å²) in [6.07, 6.45) is 1.40. The Hall–Kier alpha value is -1.34. The summed E-state index contributed by atoms with van der Waals surface area (Å²) in [5, 5.41) is 8.92. The quantitative estimate of drug-likeness (QED) is 0.775. The molecule has 0 aliphatic rings. The summed E-state index contributed by atoms with van der Waals surface area (Å²) in [4.78, 5) is 11.0. The zero-order valence-corrected chi connectivity index (χ0v) is 12.4. The summed E-state index contributed by atoms with van der Waals surface area (Å²) in [7, 11) is 0. The number of hydrogen-bond donors (Lipinski definition) is 0. The van der Waals surface area contributed by atoms with E-state index in [0.717, 1.165) is 16.3 Å². The smallest absolute Gasteiger partial charge is 0.153 e. The normalized spacial score (nSPS) is 10.8. The molecule has 0 aliphatic carbocycles. The summed E-state index contributed by atoms with van der Waals surface area (Å²) in [6, 6.07) is 5.85. The monoisotopic (exact) mass is 309 g/mol. The van der Waals surface area contributed by atoms with E-state index >= 15 is 0 Å². The minimum Gasteiger partial charge on any atom is -0.493 e. The molecular weight excluding hydrogens is 294 g/mol. The molecular formula is C14H16BrNO2. The molecule has 0 saturated heterocycles. The molecule has 0 unspecified atom stereocenters. The van der Waals surface area contributed by atoms with Crippen molar-refractivity contribution >= 4 is 22.2 Å². The fourth-order valence-corrected chi connectivity index (χ4v) is 2.09. The number of nitrogens with zero attached hydrogens (tertiary/aromatic N) is 1. The van der Waals surface area contributed by atoms with E-state index in [4.69, 9.17) is 10.00 Å². The second kappa shape index (κ2) is 6.01. The number of aldehydes is 1. The van der Waals surface area contributed by atoms with Gasteiger partial charge in [0.25, 0.3) is 0 Å². The summed E-state index contributed by atoms with van der Waals surface area (Å²) in [5.41, 5.74) is 1.02. The van der Waals surface area contributed by atoms with Gasteiger partial charge in [0, 0.05) is 4.47 Å². The topological polar surface area (TPSA) is 50.1 Å². The average Bonchev–Trinajstić information content (AvgIpc) is 2.31. The van der Waals surface area contributed by atoms with Crippen molar-refractivity contribution < 1.29 is 9.53 Å². The van der Waals surface area contributed by atoms with Crippen LogP contribution in [0, 0.1) is 23.7 Å². The van der Waals surface area contributed by atoms with Gasteiger partial charge in [-0.1, -0.05) is 15.9 Å². The van der Waals surface area contributed by atoms with Gasteiger partial charge in [-0.2, -0.15) is 5.26 Å². The van der Waals surface area contributed by atoms with Gasteiger partial charge in [-0.05, 0) is 44.9 Å². The predicted molar refractivity (Wildman–Crippen MR) is 73.8 cm³/mol. The lowest BCUT2D eigenvalue weighted by Gasteiger charge is -2.17. The Morgan fingerprint density at radius 1 is 1.50 bits per heavy atom. The van der Waals surface area contributed by atoms with Crippen LogP contribution in [0.4, 0.5) is 0 Å². The maximum Gasteiger partial charge on any atom is 0.153 e. The molecule has 3 nitrogen and oxygen atoms in total. The van der Waals surface area contributed by atoms with Crippen LogP contribution in [0.2, 0.25) is 0 Å². The Kier molecular flexibility index (Phi) is 4.92. The summed E-state index contributed by atoms with van der Waals surface area (Å²) < 4.78 is 6.50. The minimum absolute atomic E-state index is 0.412. The first-order valence-electron chi connectivity index (χ1n) is 5.69. The third-order valence-electron chi connectivity index (χ3n) is 2.67. The highest BCUT2D eigenvalue weighted by Crippen LogP contribution is 2.28. The molecule has 18 heavy (non-hydrogen) atoms. The highest BCUT2D eigenvalue weighted by atomic mass is 79.9. The molecule has 0 saturated carbocycles. The van der Waals surface area contributed by atoms with Crippen molar-refractivity contribution in [3.05, 3.63) is 27.7 Å². The maximum atomic E-state index is 11.0. The number of rotatable bonds is 5. The second-order valence-corrected chi connectivity index (χ2v) is 5.77. The van der Waals surface area contributed by atoms with Crippen LogP contribution in [-0.4, -0.2) is 12.9 Å². The Balaban J connectivity index is 2.80. The van der Waals surface area contributed by atoms with Crippen LogP contribution in [0.5, 0.6) is 5.75 Å².